The SMILES string of the molecule is CCOC(=O)C(OC(C)=O)[C@H]1CC[C@@H](c2cc(N(COCC[Si](C)(C)C)COCC[Si](C)(C)C)n3ncc(-c4ccc(-c5ccccc5)nc4)c3n2)CC1. The minimum atomic E-state index is -1.29. The average Bonchev–Trinajstić information content (AvgIpc) is 3.57. The topological polar surface area (TPSA) is 117 Å². The van der Waals surface area contributed by atoms with Gasteiger partial charge in [0.15, 0.2) is 5.65 Å². The Morgan fingerprint density at radius 2 is 1.52 bits per heavy atom. The van der Waals surface area contributed by atoms with Crippen molar-refractivity contribution in [1.29, 1.82) is 0 Å². The van der Waals surface area contributed by atoms with E-state index in [1.54, 1.807) is 6.92 Å². The number of ether oxygens (including phenoxy) is 4. The molecule has 1 aromatic carbocycles. The molecule has 1 fully saturated rings. The summed E-state index contributed by atoms with van der Waals surface area (Å²) in [4.78, 5) is 37.0. The first-order valence-electron chi connectivity index (χ1n) is 19.4. The third-order valence-corrected chi connectivity index (χ3v) is 13.3. The van der Waals surface area contributed by atoms with Crippen LogP contribution in [0.3, 0.4) is 0 Å². The summed E-state index contributed by atoms with van der Waals surface area (Å²) in [6.07, 6.45) is 5.81. The number of nitrogens with zero attached hydrogens (tertiary/aromatic N) is 5. The molecule has 1 atom stereocenters. The first kappa shape index (κ1) is 41.3. The van der Waals surface area contributed by atoms with Crippen molar-refractivity contribution in [1.82, 2.24) is 19.6 Å². The molecule has 13 heteroatoms. The lowest BCUT2D eigenvalue weighted by Gasteiger charge is -2.32. The van der Waals surface area contributed by atoms with E-state index in [9.17, 15) is 9.59 Å². The van der Waals surface area contributed by atoms with Crippen LogP contribution in [0.25, 0.3) is 28.0 Å². The van der Waals surface area contributed by atoms with Crippen molar-refractivity contribution in [3.05, 3.63) is 66.6 Å². The van der Waals surface area contributed by atoms with E-state index < -0.39 is 34.2 Å². The molecule has 4 aromatic rings. The van der Waals surface area contributed by atoms with Crippen LogP contribution in [0.4, 0.5) is 5.82 Å². The fourth-order valence-electron chi connectivity index (χ4n) is 6.67. The summed E-state index contributed by atoms with van der Waals surface area (Å²) >= 11 is 0. The Hall–Kier alpha value is -3.92. The predicted octanol–water partition coefficient (Wildman–Crippen LogP) is 8.66. The molecule has 1 aliphatic rings. The van der Waals surface area contributed by atoms with E-state index in [-0.39, 0.29) is 18.4 Å². The first-order valence-corrected chi connectivity index (χ1v) is 26.8. The number of hydrogen-bond acceptors (Lipinski definition) is 10. The molecule has 54 heavy (non-hydrogen) atoms. The molecule has 0 saturated heterocycles. The van der Waals surface area contributed by atoms with E-state index in [1.807, 2.05) is 41.2 Å². The first-order chi connectivity index (χ1) is 25.7. The zero-order valence-corrected chi connectivity index (χ0v) is 35.5. The lowest BCUT2D eigenvalue weighted by Crippen LogP contribution is -2.37. The lowest BCUT2D eigenvalue weighted by molar-refractivity contribution is -0.171. The highest BCUT2D eigenvalue weighted by molar-refractivity contribution is 6.76. The van der Waals surface area contributed by atoms with Crippen molar-refractivity contribution in [3.8, 4) is 22.4 Å². The summed E-state index contributed by atoms with van der Waals surface area (Å²) in [5.74, 6) is -0.113. The Kier molecular flexibility index (Phi) is 14.2. The number of rotatable bonds is 18. The van der Waals surface area contributed by atoms with Crippen molar-refractivity contribution >= 4 is 39.6 Å². The Labute approximate surface area is 322 Å². The van der Waals surface area contributed by atoms with Crippen molar-refractivity contribution in [3.63, 3.8) is 0 Å². The summed E-state index contributed by atoms with van der Waals surface area (Å²) < 4.78 is 25.4. The number of carbonyl (C=O) groups is 2. The number of benzene rings is 1. The maximum atomic E-state index is 12.8. The molecular weight excluding hydrogens is 715 g/mol. The molecule has 0 aliphatic heterocycles. The number of aromatic nitrogens is 4. The molecule has 1 unspecified atom stereocenters. The van der Waals surface area contributed by atoms with Crippen LogP contribution in [-0.2, 0) is 28.5 Å². The van der Waals surface area contributed by atoms with Crippen molar-refractivity contribution in [2.45, 2.75) is 103 Å². The Bertz CT molecular complexity index is 1790. The molecule has 0 spiro atoms. The minimum Gasteiger partial charge on any atom is -0.463 e. The van der Waals surface area contributed by atoms with Crippen LogP contribution < -0.4 is 4.90 Å². The fraction of sp³-hybridized carbons (Fsp3) is 0.537. The second-order valence-electron chi connectivity index (χ2n) is 16.8. The Balaban J connectivity index is 1.50. The summed E-state index contributed by atoms with van der Waals surface area (Å²) in [5, 5.41) is 4.90. The van der Waals surface area contributed by atoms with E-state index in [0.717, 1.165) is 64.5 Å². The summed E-state index contributed by atoms with van der Waals surface area (Å²) in [5.41, 5.74) is 5.44. The molecule has 3 heterocycles. The van der Waals surface area contributed by atoms with Gasteiger partial charge in [-0.2, -0.15) is 9.61 Å². The highest BCUT2D eigenvalue weighted by Crippen LogP contribution is 2.39. The smallest absolute Gasteiger partial charge is 0.347 e. The van der Waals surface area contributed by atoms with E-state index in [2.05, 4.69) is 68.4 Å². The summed E-state index contributed by atoms with van der Waals surface area (Å²) in [6, 6.07) is 18.5. The zero-order chi connectivity index (χ0) is 38.9. The van der Waals surface area contributed by atoms with Crippen LogP contribution >= 0.6 is 0 Å². The molecule has 3 aromatic heterocycles. The van der Waals surface area contributed by atoms with Gasteiger partial charge in [0.25, 0.3) is 0 Å². The molecule has 0 radical (unpaired) electrons. The Morgan fingerprint density at radius 1 is 0.870 bits per heavy atom. The second-order valence-corrected chi connectivity index (χ2v) is 28.0. The highest BCUT2D eigenvalue weighted by atomic mass is 28.3. The predicted molar refractivity (Wildman–Crippen MR) is 219 cm³/mol. The normalized spacial score (nSPS) is 17.0. The van der Waals surface area contributed by atoms with Crippen molar-refractivity contribution in [2.24, 2.45) is 5.92 Å². The number of hydrogen-bond donors (Lipinski definition) is 0. The molecule has 0 N–H and O–H groups in total. The molecule has 292 valence electrons. The molecule has 0 amide bonds. The van der Waals surface area contributed by atoms with Crippen LogP contribution in [0.5, 0.6) is 0 Å². The molecule has 1 saturated carbocycles. The van der Waals surface area contributed by atoms with Gasteiger partial charge >= 0.3 is 11.9 Å². The van der Waals surface area contributed by atoms with Crippen molar-refractivity contribution < 1.29 is 28.5 Å². The number of fused-ring (bicyclic) bond motifs is 1. The molecule has 11 nitrogen and oxygen atoms in total. The average molecular weight is 774 g/mol. The standard InChI is InChI=1S/C41H59N5O6Si2/c1-9-51-41(48)39(52-30(2)47)33-17-15-32(16-18-33)37-25-38(45(28-49-21-23-53(3,4)5)29-50-22-24-54(6,7)8)46-40(44-37)35(27-43-46)34-19-20-36(42-26-34)31-13-11-10-12-14-31/h10-14,19-20,25-27,32-33,39H,9,15-18,21-24,28-29H2,1-8H3/t32-,33+,39?. The second kappa shape index (κ2) is 18.6. The summed E-state index contributed by atoms with van der Waals surface area (Å²) in [7, 11) is -2.58. The lowest BCUT2D eigenvalue weighted by atomic mass is 9.78. The Morgan fingerprint density at radius 3 is 2.07 bits per heavy atom. The van der Waals surface area contributed by atoms with Gasteiger partial charge in [-0.15, -0.1) is 0 Å². The number of esters is 2. The van der Waals surface area contributed by atoms with E-state index in [0.29, 0.717) is 39.5 Å². The third kappa shape index (κ3) is 11.5. The van der Waals surface area contributed by atoms with Crippen LogP contribution in [0.2, 0.25) is 51.4 Å². The van der Waals surface area contributed by atoms with Gasteiger partial charge in [0.05, 0.1) is 18.5 Å². The van der Waals surface area contributed by atoms with Gasteiger partial charge in [-0.25, -0.2) is 9.78 Å². The maximum absolute atomic E-state index is 12.8. The quantitative estimate of drug-likeness (QED) is 0.0421. The van der Waals surface area contributed by atoms with Crippen LogP contribution in [-0.4, -0.2) is 87.1 Å². The molecular formula is C41H59N5O6Si2. The van der Waals surface area contributed by atoms with E-state index in [4.69, 9.17) is 34.0 Å². The van der Waals surface area contributed by atoms with Gasteiger partial charge in [-0.05, 0) is 50.8 Å². The van der Waals surface area contributed by atoms with Gasteiger partial charge in [-0.1, -0.05) is 75.7 Å². The van der Waals surface area contributed by atoms with Crippen LogP contribution in [0.1, 0.15) is 51.1 Å². The largest absolute Gasteiger partial charge is 0.463 e. The van der Waals surface area contributed by atoms with Crippen LogP contribution in [0.15, 0.2) is 60.9 Å². The van der Waals surface area contributed by atoms with Gasteiger partial charge < -0.3 is 23.8 Å². The zero-order valence-electron chi connectivity index (χ0n) is 33.5. The monoisotopic (exact) mass is 773 g/mol. The summed E-state index contributed by atoms with van der Waals surface area (Å²) in [6.45, 7) is 19.5. The number of anilines is 1. The molecule has 1 aliphatic carbocycles. The van der Waals surface area contributed by atoms with E-state index in [1.165, 1.54) is 6.92 Å². The third-order valence-electron chi connectivity index (χ3n) is 9.86. The van der Waals surface area contributed by atoms with Gasteiger partial charge in [0.2, 0.25) is 6.10 Å². The van der Waals surface area contributed by atoms with Crippen LogP contribution in [0, 0.1) is 5.92 Å². The number of carbonyl (C=O) groups excluding carboxylic acids is 2. The van der Waals surface area contributed by atoms with Gasteiger partial charge in [0, 0.05) is 82.8 Å². The highest BCUT2D eigenvalue weighted by Gasteiger charge is 2.36. The van der Waals surface area contributed by atoms with E-state index >= 15 is 0 Å². The maximum Gasteiger partial charge on any atom is 0.347 e. The molecule has 5 rings (SSSR count). The van der Waals surface area contributed by atoms with Gasteiger partial charge in [0.1, 0.15) is 19.3 Å². The van der Waals surface area contributed by atoms with Crippen molar-refractivity contribution in [2.75, 3.05) is 38.2 Å². The van der Waals surface area contributed by atoms with Gasteiger partial charge in [-0.3, -0.25) is 9.78 Å². The molecule has 0 bridgehead atoms. The fourth-order valence-corrected chi connectivity index (χ4v) is 8.18. The minimum absolute atomic E-state index is 0.119. The number of pyridine rings is 1.